The van der Waals surface area contributed by atoms with Crippen LogP contribution in [-0.4, -0.2) is 36.1 Å². The first-order chi connectivity index (χ1) is 8.21. The Kier molecular flexibility index (Phi) is 5.69. The lowest BCUT2D eigenvalue weighted by Crippen LogP contribution is -2.30. The van der Waals surface area contributed by atoms with Gasteiger partial charge >= 0.3 is 0 Å². The van der Waals surface area contributed by atoms with Gasteiger partial charge in [-0.3, -0.25) is 0 Å². The van der Waals surface area contributed by atoms with Crippen LogP contribution >= 0.6 is 0 Å². The highest BCUT2D eigenvalue weighted by atomic mass is 16.5. The summed E-state index contributed by atoms with van der Waals surface area (Å²) in [5.74, 6) is 0.782. The van der Waals surface area contributed by atoms with Crippen LogP contribution in [0.2, 0.25) is 0 Å². The molecule has 0 saturated heterocycles. The van der Waals surface area contributed by atoms with Gasteiger partial charge in [0, 0.05) is 0 Å². The number of hydrogen-bond acceptors (Lipinski definition) is 4. The molecule has 0 aliphatic carbocycles. The molecule has 1 rings (SSSR count). The van der Waals surface area contributed by atoms with Gasteiger partial charge in [0.15, 0.2) is 0 Å². The fraction of sp³-hybridized carbons (Fsp3) is 0.385. The van der Waals surface area contributed by atoms with Crippen LogP contribution in [0.15, 0.2) is 36.9 Å². The predicted molar refractivity (Wildman–Crippen MR) is 64.9 cm³/mol. The van der Waals surface area contributed by atoms with E-state index in [2.05, 4.69) is 6.58 Å². The van der Waals surface area contributed by atoms with E-state index in [4.69, 9.17) is 14.6 Å². The average Bonchev–Trinajstić information content (AvgIpc) is 2.39. The van der Waals surface area contributed by atoms with E-state index in [1.807, 2.05) is 24.3 Å². The van der Waals surface area contributed by atoms with E-state index < -0.39 is 12.2 Å². The van der Waals surface area contributed by atoms with Crippen LogP contribution in [-0.2, 0) is 11.3 Å². The van der Waals surface area contributed by atoms with Gasteiger partial charge in [-0.05, 0) is 17.7 Å². The van der Waals surface area contributed by atoms with Gasteiger partial charge in [-0.1, -0.05) is 18.2 Å². The fourth-order valence-corrected chi connectivity index (χ4v) is 1.35. The van der Waals surface area contributed by atoms with Gasteiger partial charge in [0.25, 0.3) is 0 Å². The van der Waals surface area contributed by atoms with Crippen molar-refractivity contribution in [1.29, 1.82) is 0 Å². The van der Waals surface area contributed by atoms with Crippen LogP contribution in [0.4, 0.5) is 0 Å². The lowest BCUT2D eigenvalue weighted by molar-refractivity contribution is -0.0404. The Morgan fingerprint density at radius 2 is 2.00 bits per heavy atom. The molecular formula is C13H18O4. The maximum atomic E-state index is 9.41. The van der Waals surface area contributed by atoms with E-state index in [0.717, 1.165) is 11.3 Å². The highest BCUT2D eigenvalue weighted by Crippen LogP contribution is 2.13. The maximum absolute atomic E-state index is 9.41. The second-order valence-corrected chi connectivity index (χ2v) is 3.61. The van der Waals surface area contributed by atoms with E-state index in [1.165, 1.54) is 6.08 Å². The van der Waals surface area contributed by atoms with Gasteiger partial charge in [-0.15, -0.1) is 6.58 Å². The van der Waals surface area contributed by atoms with Gasteiger partial charge in [0.1, 0.15) is 18.0 Å². The van der Waals surface area contributed by atoms with E-state index in [1.54, 1.807) is 7.11 Å². The van der Waals surface area contributed by atoms with E-state index in [0.29, 0.717) is 6.61 Å². The third kappa shape index (κ3) is 4.19. The summed E-state index contributed by atoms with van der Waals surface area (Å²) in [4.78, 5) is 0. The molecule has 1 aromatic rings. The molecule has 0 radical (unpaired) electrons. The van der Waals surface area contributed by atoms with Crippen molar-refractivity contribution in [3.8, 4) is 5.75 Å². The molecule has 0 heterocycles. The summed E-state index contributed by atoms with van der Waals surface area (Å²) in [7, 11) is 1.61. The molecule has 2 N–H and O–H groups in total. The minimum Gasteiger partial charge on any atom is -0.497 e. The molecule has 4 heteroatoms. The second-order valence-electron chi connectivity index (χ2n) is 3.61. The summed E-state index contributed by atoms with van der Waals surface area (Å²) in [5, 5.41) is 18.2. The number of aliphatic hydroxyl groups is 2. The van der Waals surface area contributed by atoms with E-state index in [9.17, 15) is 5.11 Å². The smallest absolute Gasteiger partial charge is 0.118 e. The highest BCUT2D eigenvalue weighted by Gasteiger charge is 2.15. The molecule has 0 spiro atoms. The molecule has 0 bridgehead atoms. The summed E-state index contributed by atoms with van der Waals surface area (Å²) in [6.07, 6.45) is -0.0300. The number of ether oxygens (including phenoxy) is 2. The van der Waals surface area contributed by atoms with E-state index >= 15 is 0 Å². The van der Waals surface area contributed by atoms with Gasteiger partial charge in [-0.25, -0.2) is 0 Å². The van der Waals surface area contributed by atoms with Crippen LogP contribution in [0.3, 0.4) is 0 Å². The maximum Gasteiger partial charge on any atom is 0.118 e. The van der Waals surface area contributed by atoms with Crippen LogP contribution in [0.25, 0.3) is 0 Å². The predicted octanol–water partition coefficient (Wildman–Crippen LogP) is 1.12. The Balaban J connectivity index is 2.50. The molecule has 2 atom stereocenters. The molecule has 17 heavy (non-hydrogen) atoms. The lowest BCUT2D eigenvalue weighted by Gasteiger charge is -2.18. The lowest BCUT2D eigenvalue weighted by atomic mass is 10.2. The minimum atomic E-state index is -0.939. The zero-order valence-corrected chi connectivity index (χ0v) is 9.87. The van der Waals surface area contributed by atoms with Crippen molar-refractivity contribution < 1.29 is 19.7 Å². The van der Waals surface area contributed by atoms with Gasteiger partial charge < -0.3 is 19.7 Å². The van der Waals surface area contributed by atoms with Gasteiger partial charge in [-0.2, -0.15) is 0 Å². The second kappa shape index (κ2) is 7.06. The van der Waals surface area contributed by atoms with E-state index in [-0.39, 0.29) is 6.61 Å². The topological polar surface area (TPSA) is 58.9 Å². The monoisotopic (exact) mass is 238 g/mol. The summed E-state index contributed by atoms with van der Waals surface area (Å²) in [6, 6.07) is 7.43. The van der Waals surface area contributed by atoms with Crippen molar-refractivity contribution >= 4 is 0 Å². The molecular weight excluding hydrogens is 220 g/mol. The first-order valence-electron chi connectivity index (χ1n) is 5.37. The number of aliphatic hydroxyl groups excluding tert-OH is 2. The molecule has 0 aromatic heterocycles. The Hall–Kier alpha value is -1.36. The quantitative estimate of drug-likeness (QED) is 0.699. The zero-order valence-electron chi connectivity index (χ0n) is 9.87. The Bertz CT molecular complexity index is 334. The molecule has 0 amide bonds. The van der Waals surface area contributed by atoms with Crippen molar-refractivity contribution in [2.24, 2.45) is 0 Å². The Morgan fingerprint density at radius 3 is 2.47 bits per heavy atom. The van der Waals surface area contributed by atoms with Crippen molar-refractivity contribution in [2.45, 2.75) is 18.8 Å². The van der Waals surface area contributed by atoms with Crippen molar-refractivity contribution in [3.05, 3.63) is 42.5 Å². The Morgan fingerprint density at radius 1 is 1.35 bits per heavy atom. The highest BCUT2D eigenvalue weighted by molar-refractivity contribution is 5.26. The van der Waals surface area contributed by atoms with Crippen LogP contribution in [0.5, 0.6) is 5.75 Å². The number of hydrogen-bond donors (Lipinski definition) is 2. The molecule has 94 valence electrons. The molecule has 4 nitrogen and oxygen atoms in total. The van der Waals surface area contributed by atoms with Crippen LogP contribution < -0.4 is 4.74 Å². The van der Waals surface area contributed by atoms with Gasteiger partial charge in [0.05, 0.1) is 20.3 Å². The SMILES string of the molecule is C=C[C@H](OCc1ccc(OC)cc1)[C@H](O)CO. The van der Waals surface area contributed by atoms with Crippen molar-refractivity contribution in [1.82, 2.24) is 0 Å². The third-order valence-corrected chi connectivity index (χ3v) is 2.40. The minimum absolute atomic E-state index is 0.345. The first kappa shape index (κ1) is 13.7. The number of benzene rings is 1. The molecule has 0 aliphatic heterocycles. The summed E-state index contributed by atoms with van der Waals surface area (Å²) >= 11 is 0. The number of rotatable bonds is 7. The van der Waals surface area contributed by atoms with Crippen molar-refractivity contribution in [3.63, 3.8) is 0 Å². The normalized spacial score (nSPS) is 14.1. The largest absolute Gasteiger partial charge is 0.497 e. The fourth-order valence-electron chi connectivity index (χ4n) is 1.35. The van der Waals surface area contributed by atoms with Crippen LogP contribution in [0, 0.1) is 0 Å². The summed E-state index contributed by atoms with van der Waals surface area (Å²) < 4.78 is 10.5. The summed E-state index contributed by atoms with van der Waals surface area (Å²) in [6.45, 7) is 3.55. The number of methoxy groups -OCH3 is 1. The van der Waals surface area contributed by atoms with Crippen LogP contribution in [0.1, 0.15) is 5.56 Å². The average molecular weight is 238 g/mol. The summed E-state index contributed by atoms with van der Waals surface area (Å²) in [5.41, 5.74) is 0.961. The Labute approximate surface area is 101 Å². The molecule has 0 unspecified atom stereocenters. The first-order valence-corrected chi connectivity index (χ1v) is 5.37. The zero-order chi connectivity index (χ0) is 12.7. The van der Waals surface area contributed by atoms with Crippen molar-refractivity contribution in [2.75, 3.05) is 13.7 Å². The molecule has 1 aromatic carbocycles. The third-order valence-electron chi connectivity index (χ3n) is 2.40. The molecule has 0 saturated carbocycles. The van der Waals surface area contributed by atoms with Gasteiger partial charge in [0.2, 0.25) is 0 Å². The molecule has 0 aliphatic rings. The molecule has 0 fully saturated rings. The standard InChI is InChI=1S/C13H18O4/c1-3-13(12(15)8-14)17-9-10-4-6-11(16-2)7-5-10/h3-7,12-15H,1,8-9H2,2H3/t12-,13+/m1/s1.